The second-order valence-corrected chi connectivity index (χ2v) is 20.2. The summed E-state index contributed by atoms with van der Waals surface area (Å²) in [7, 11) is 3.82. The van der Waals surface area contributed by atoms with Crippen LogP contribution in [0.4, 0.5) is 14.5 Å². The summed E-state index contributed by atoms with van der Waals surface area (Å²) < 4.78 is 45.8. The van der Waals surface area contributed by atoms with Crippen LogP contribution in [0.25, 0.3) is 33.4 Å². The van der Waals surface area contributed by atoms with Gasteiger partial charge < -0.3 is 29.2 Å². The van der Waals surface area contributed by atoms with Gasteiger partial charge >= 0.3 is 5.97 Å². The van der Waals surface area contributed by atoms with Crippen molar-refractivity contribution in [2.24, 2.45) is 28.6 Å². The Morgan fingerprint density at radius 1 is 1.15 bits per heavy atom. The summed E-state index contributed by atoms with van der Waals surface area (Å²) in [4.78, 5) is 56.7. The van der Waals surface area contributed by atoms with Crippen molar-refractivity contribution < 1.29 is 32.6 Å². The maximum Gasteiger partial charge on any atom is 0.325 e. The van der Waals surface area contributed by atoms with Gasteiger partial charge in [0.25, 0.3) is 11.8 Å². The molecule has 7 atom stereocenters. The van der Waals surface area contributed by atoms with Crippen LogP contribution < -0.4 is 15.6 Å². The van der Waals surface area contributed by atoms with Crippen LogP contribution in [0, 0.1) is 28.6 Å². The number of cyclic esters (lactones) is 1. The minimum atomic E-state index is -3.23. The summed E-state index contributed by atoms with van der Waals surface area (Å²) in [6.07, 6.45) is 2.85. The maximum atomic E-state index is 15.8. The Kier molecular flexibility index (Phi) is 10.8. The van der Waals surface area contributed by atoms with Crippen LogP contribution in [-0.4, -0.2) is 114 Å². The van der Waals surface area contributed by atoms with Gasteiger partial charge in [0, 0.05) is 91.5 Å². The van der Waals surface area contributed by atoms with E-state index in [1.54, 1.807) is 7.11 Å². The third-order valence-corrected chi connectivity index (χ3v) is 15.1. The molecule has 2 saturated heterocycles. The van der Waals surface area contributed by atoms with E-state index in [1.165, 1.54) is 18.3 Å². The van der Waals surface area contributed by atoms with Gasteiger partial charge in [-0.2, -0.15) is 0 Å². The van der Waals surface area contributed by atoms with Crippen molar-refractivity contribution in [3.63, 3.8) is 0 Å². The number of amides is 2. The van der Waals surface area contributed by atoms with Gasteiger partial charge in [-0.1, -0.05) is 33.8 Å². The van der Waals surface area contributed by atoms with E-state index in [0.717, 1.165) is 81.6 Å². The minimum absolute atomic E-state index is 0.0509. The van der Waals surface area contributed by atoms with Gasteiger partial charge in [-0.15, -0.1) is 11.3 Å². The molecule has 1 unspecified atom stereocenters. The van der Waals surface area contributed by atoms with Gasteiger partial charge in [-0.25, -0.2) is 19.2 Å². The predicted octanol–water partition coefficient (Wildman–Crippen LogP) is 6.10. The number of ether oxygens (including phenoxy) is 2. The van der Waals surface area contributed by atoms with Crippen molar-refractivity contribution >= 4 is 45.7 Å². The lowest BCUT2D eigenvalue weighted by Crippen LogP contribution is -2.62. The average Bonchev–Trinajstić information content (AvgIpc) is 3.90. The van der Waals surface area contributed by atoms with Gasteiger partial charge in [-0.05, 0) is 63.4 Å². The number of fused-ring (bicyclic) bond motifs is 8. The summed E-state index contributed by atoms with van der Waals surface area (Å²) in [6.45, 7) is 15.4. The molecular weight excluding hydrogens is 815 g/mol. The lowest BCUT2D eigenvalue weighted by Gasteiger charge is -2.37. The highest BCUT2D eigenvalue weighted by atomic mass is 32.1. The number of piperazine rings is 1. The smallest absolute Gasteiger partial charge is 0.325 e. The van der Waals surface area contributed by atoms with E-state index in [4.69, 9.17) is 19.4 Å². The van der Waals surface area contributed by atoms with Crippen molar-refractivity contribution in [1.29, 1.82) is 0 Å². The zero-order valence-electron chi connectivity index (χ0n) is 36.9. The molecule has 2 aliphatic carbocycles. The topological polar surface area (TPSA) is 134 Å². The van der Waals surface area contributed by atoms with Crippen molar-refractivity contribution in [3.05, 3.63) is 52.1 Å². The number of carbonyl (C=O) groups excluding carboxylic acids is 3. The van der Waals surface area contributed by atoms with Gasteiger partial charge in [0.2, 0.25) is 5.91 Å². The van der Waals surface area contributed by atoms with E-state index in [0.29, 0.717) is 24.4 Å². The molecule has 16 heteroatoms. The molecule has 13 nitrogen and oxygen atoms in total. The van der Waals surface area contributed by atoms with Crippen LogP contribution in [-0.2, 0) is 43.2 Å². The number of anilines is 1. The summed E-state index contributed by atoms with van der Waals surface area (Å²) in [5.41, 5.74) is 7.98. The maximum absolute atomic E-state index is 15.8. The number of aryl methyl sites for hydroxylation is 1. The number of aromatic nitrogens is 3. The number of hydrogen-bond donors (Lipinski definition) is 2. The fourth-order valence-electron chi connectivity index (χ4n) is 10.0. The normalized spacial score (nSPS) is 28.8. The Morgan fingerprint density at radius 2 is 1.89 bits per heavy atom. The molecule has 3 aliphatic heterocycles. The lowest BCUT2D eigenvalue weighted by atomic mass is 9.84. The molecular formula is C46H58F2N8O5S. The van der Waals surface area contributed by atoms with E-state index in [-0.39, 0.29) is 43.4 Å². The molecule has 6 bridgehead atoms. The molecule has 1 aromatic carbocycles. The first kappa shape index (κ1) is 42.8. The van der Waals surface area contributed by atoms with Crippen LogP contribution in [0.15, 0.2) is 35.8 Å². The van der Waals surface area contributed by atoms with Crippen LogP contribution in [0.1, 0.15) is 70.3 Å². The van der Waals surface area contributed by atoms with E-state index in [2.05, 4.69) is 63.3 Å². The van der Waals surface area contributed by atoms with Gasteiger partial charge in [0.15, 0.2) is 0 Å². The monoisotopic (exact) mass is 872 g/mol. The predicted molar refractivity (Wildman–Crippen MR) is 234 cm³/mol. The number of thiazole rings is 1. The number of nitrogens with one attached hydrogen (secondary N) is 2. The lowest BCUT2D eigenvalue weighted by molar-refractivity contribution is -0.157. The summed E-state index contributed by atoms with van der Waals surface area (Å²) in [5, 5.41) is 7.61. The fourth-order valence-corrected chi connectivity index (χ4v) is 10.9. The molecule has 62 heavy (non-hydrogen) atoms. The third-order valence-electron chi connectivity index (χ3n) is 14.2. The first-order valence-corrected chi connectivity index (χ1v) is 22.8. The molecule has 0 radical (unpaired) electrons. The number of nitrogens with zero attached hydrogens (tertiary/aromatic N) is 6. The Morgan fingerprint density at radius 3 is 2.58 bits per heavy atom. The van der Waals surface area contributed by atoms with E-state index in [1.807, 2.05) is 39.3 Å². The molecule has 6 heterocycles. The van der Waals surface area contributed by atoms with Crippen molar-refractivity contribution in [1.82, 2.24) is 35.2 Å². The molecule has 4 aromatic rings. The number of esters is 1. The van der Waals surface area contributed by atoms with Gasteiger partial charge in [-0.3, -0.25) is 24.4 Å². The molecule has 332 valence electrons. The van der Waals surface area contributed by atoms with Crippen LogP contribution in [0.3, 0.4) is 0 Å². The van der Waals surface area contributed by atoms with E-state index in [9.17, 15) is 14.4 Å². The number of hydrazine groups is 1. The molecule has 3 aromatic heterocycles. The molecule has 2 N–H and O–H groups in total. The summed E-state index contributed by atoms with van der Waals surface area (Å²) in [5.74, 6) is -6.33. The highest BCUT2D eigenvalue weighted by Gasteiger charge is 2.83. The molecule has 4 fully saturated rings. The van der Waals surface area contributed by atoms with Gasteiger partial charge in [0.1, 0.15) is 12.1 Å². The number of likely N-dealkylation sites (N-methyl/N-ethyl adjacent to an activating group) is 1. The van der Waals surface area contributed by atoms with Crippen LogP contribution >= 0.6 is 11.3 Å². The highest BCUT2D eigenvalue weighted by Crippen LogP contribution is 2.68. The molecule has 9 rings (SSSR count). The summed E-state index contributed by atoms with van der Waals surface area (Å²) >= 11 is 1.38. The Balaban J connectivity index is 1.19. The van der Waals surface area contributed by atoms with E-state index < -0.39 is 46.6 Å². The zero-order chi connectivity index (χ0) is 44.0. The number of carbonyl (C=O) groups is 3. The molecule has 5 aliphatic rings. The second kappa shape index (κ2) is 15.6. The Bertz CT molecular complexity index is 2430. The third kappa shape index (κ3) is 7.37. The number of hydrogen-bond acceptors (Lipinski definition) is 11. The quantitative estimate of drug-likeness (QED) is 0.210. The number of halogens is 2. The van der Waals surface area contributed by atoms with Gasteiger partial charge in [0.05, 0.1) is 58.0 Å². The van der Waals surface area contributed by atoms with Crippen molar-refractivity contribution in [3.8, 4) is 22.5 Å². The average molecular weight is 873 g/mol. The molecule has 0 spiro atoms. The number of alkyl halides is 2. The van der Waals surface area contributed by atoms with Crippen molar-refractivity contribution in [2.45, 2.75) is 91.5 Å². The highest BCUT2D eigenvalue weighted by molar-refractivity contribution is 7.10. The number of pyridine rings is 1. The Hall–Kier alpha value is -4.51. The molecule has 2 saturated carbocycles. The summed E-state index contributed by atoms with van der Waals surface area (Å²) in [6, 6.07) is 6.01. The number of methoxy groups -OCH3 is 1. The number of benzene rings is 1. The van der Waals surface area contributed by atoms with E-state index >= 15 is 8.78 Å². The first-order chi connectivity index (χ1) is 29.4. The molecule has 2 amide bonds. The second-order valence-electron chi connectivity index (χ2n) is 19.3. The standard InChI is InChI=1S/C46H58F2N8O5S/c1-9-55-35-11-10-27-17-30(35)32(39(55)31-18-28(21-49-37(31)26(3)60-8)54-14-12-53(7)13-15-54)20-44(4,5)24-61-43(59)38-40-45(6,46(40,47)48)23-56(52-38)42(58)33(19-36-50-34(27)22-62-36)51-41(57)29-16-25(29)2/h10-11,17-18,21-22,25-26,29,33,38,40,52H,9,12-16,19-20,23-24H2,1-8H3,(H,51,57)/t25-,26-,29-,33-,38-,40?,45+/m0/s1. The minimum Gasteiger partial charge on any atom is -0.464 e. The fraction of sp³-hybridized carbons (Fsp3) is 0.587. The number of rotatable bonds is 7. The van der Waals surface area contributed by atoms with Crippen molar-refractivity contribution in [2.75, 3.05) is 58.4 Å². The van der Waals surface area contributed by atoms with Crippen LogP contribution in [0.5, 0.6) is 0 Å². The van der Waals surface area contributed by atoms with Crippen LogP contribution in [0.2, 0.25) is 0 Å². The zero-order valence-corrected chi connectivity index (χ0v) is 37.7. The largest absolute Gasteiger partial charge is 0.464 e. The first-order valence-electron chi connectivity index (χ1n) is 21.9. The SMILES string of the molecule is CCn1c(-c2cc(N3CCN(C)CC3)cnc2[C@H](C)OC)c2c3cc(ccc31)-c1csc(n1)C[C@H](NC(=O)[C@H]1C[C@@H]1C)C(=O)N1C[C@]3(C)C([C@H](N1)C(=O)OCC(C)(C)C2)C3(F)F. The Labute approximate surface area is 365 Å².